The molecular weight excluding hydrogens is 528 g/mol. The van der Waals surface area contributed by atoms with Crippen molar-refractivity contribution in [3.05, 3.63) is 125 Å². The van der Waals surface area contributed by atoms with Gasteiger partial charge < -0.3 is 14.7 Å². The fourth-order valence-corrected chi connectivity index (χ4v) is 5.53. The Hall–Kier alpha value is -4.91. The minimum Gasteiger partial charge on any atom is -0.481 e. The van der Waals surface area contributed by atoms with Crippen molar-refractivity contribution >= 4 is 23.7 Å². The lowest BCUT2D eigenvalue weighted by Gasteiger charge is -2.32. The Morgan fingerprint density at radius 1 is 0.810 bits per heavy atom. The first-order valence-electron chi connectivity index (χ1n) is 14.0. The second-order valence-corrected chi connectivity index (χ2v) is 11.0. The number of ether oxygens (including phenoxy) is 1. The number of nitrogens with one attached hydrogen (secondary N) is 1. The molecule has 0 spiro atoms. The minimum absolute atomic E-state index is 0.0303. The molecule has 4 aromatic carbocycles. The Kier molecular flexibility index (Phi) is 8.38. The maximum atomic E-state index is 13.7. The third-order valence-corrected chi connectivity index (χ3v) is 7.83. The fourth-order valence-electron chi connectivity index (χ4n) is 5.53. The van der Waals surface area contributed by atoms with Crippen LogP contribution in [0, 0.1) is 0 Å². The Labute approximate surface area is 245 Å². The van der Waals surface area contributed by atoms with E-state index >= 15 is 0 Å². The topological polar surface area (TPSA) is 95.9 Å². The number of fused-ring (bicyclic) bond motifs is 3. The van der Waals surface area contributed by atoms with E-state index in [0.717, 1.165) is 22.3 Å². The number of amides is 2. The highest BCUT2D eigenvalue weighted by molar-refractivity contribution is 5.89. The zero-order valence-corrected chi connectivity index (χ0v) is 23.7. The molecule has 0 unspecified atom stereocenters. The highest BCUT2D eigenvalue weighted by Gasteiger charge is 2.34. The Balaban J connectivity index is 1.23. The SMILES string of the molecule is CC(C)(C(=O)N(CCC(=O)O)Cc1ccccc1)c1ccc(NC(=O)OCC2c3ccccc3-c3ccccc32)cc1. The monoisotopic (exact) mass is 562 g/mol. The van der Waals surface area contributed by atoms with E-state index in [4.69, 9.17) is 4.74 Å². The summed E-state index contributed by atoms with van der Waals surface area (Å²) in [6.45, 7) is 4.28. The second kappa shape index (κ2) is 12.3. The molecule has 42 heavy (non-hydrogen) atoms. The summed E-state index contributed by atoms with van der Waals surface area (Å²) in [4.78, 5) is 39.3. The first-order chi connectivity index (χ1) is 20.2. The number of aliphatic carboxylic acids is 1. The Bertz CT molecular complexity index is 1540. The zero-order valence-electron chi connectivity index (χ0n) is 23.7. The number of rotatable bonds is 10. The maximum absolute atomic E-state index is 13.7. The van der Waals surface area contributed by atoms with Crippen LogP contribution in [0.1, 0.15) is 48.4 Å². The molecule has 1 aliphatic rings. The van der Waals surface area contributed by atoms with Gasteiger partial charge in [0.2, 0.25) is 5.91 Å². The molecule has 5 rings (SSSR count). The van der Waals surface area contributed by atoms with Crippen LogP contribution in [0.4, 0.5) is 10.5 Å². The lowest BCUT2D eigenvalue weighted by Crippen LogP contribution is -2.44. The molecular formula is C35H34N2O5. The van der Waals surface area contributed by atoms with Gasteiger partial charge in [-0.3, -0.25) is 14.9 Å². The van der Waals surface area contributed by atoms with Gasteiger partial charge in [0.25, 0.3) is 0 Å². The van der Waals surface area contributed by atoms with Gasteiger partial charge >= 0.3 is 12.1 Å². The average Bonchev–Trinajstić information content (AvgIpc) is 3.32. The zero-order chi connectivity index (χ0) is 29.7. The number of carbonyl (C=O) groups is 3. The molecule has 4 aromatic rings. The van der Waals surface area contributed by atoms with Crippen molar-refractivity contribution in [3.63, 3.8) is 0 Å². The molecule has 0 aromatic heterocycles. The molecule has 2 N–H and O–H groups in total. The minimum atomic E-state index is -0.956. The van der Waals surface area contributed by atoms with Crippen LogP contribution < -0.4 is 5.32 Å². The molecule has 1 aliphatic carbocycles. The van der Waals surface area contributed by atoms with Gasteiger partial charge in [0.15, 0.2) is 0 Å². The molecule has 214 valence electrons. The van der Waals surface area contributed by atoms with Crippen LogP contribution in [-0.2, 0) is 26.3 Å². The highest BCUT2D eigenvalue weighted by Crippen LogP contribution is 2.44. The number of benzene rings is 4. The third kappa shape index (κ3) is 6.20. The summed E-state index contributed by atoms with van der Waals surface area (Å²) < 4.78 is 5.65. The second-order valence-electron chi connectivity index (χ2n) is 11.0. The van der Waals surface area contributed by atoms with E-state index in [9.17, 15) is 19.5 Å². The third-order valence-electron chi connectivity index (χ3n) is 7.83. The van der Waals surface area contributed by atoms with E-state index in [1.165, 1.54) is 11.1 Å². The molecule has 0 aliphatic heterocycles. The molecule has 0 bridgehead atoms. The number of carbonyl (C=O) groups excluding carboxylic acids is 2. The van der Waals surface area contributed by atoms with Gasteiger partial charge in [-0.1, -0.05) is 91.0 Å². The highest BCUT2D eigenvalue weighted by atomic mass is 16.5. The van der Waals surface area contributed by atoms with Crippen molar-refractivity contribution < 1.29 is 24.2 Å². The number of hydrogen-bond donors (Lipinski definition) is 2. The first-order valence-corrected chi connectivity index (χ1v) is 14.0. The summed E-state index contributed by atoms with van der Waals surface area (Å²) in [5.74, 6) is -1.16. The van der Waals surface area contributed by atoms with Gasteiger partial charge in [-0.25, -0.2) is 4.79 Å². The predicted octanol–water partition coefficient (Wildman–Crippen LogP) is 6.83. The Morgan fingerprint density at radius 2 is 1.38 bits per heavy atom. The first kappa shape index (κ1) is 28.6. The summed E-state index contributed by atoms with van der Waals surface area (Å²) in [5.41, 5.74) is 5.93. The molecule has 0 saturated heterocycles. The van der Waals surface area contributed by atoms with Gasteiger partial charge in [0.1, 0.15) is 6.61 Å². The van der Waals surface area contributed by atoms with Crippen LogP contribution in [-0.4, -0.2) is 41.1 Å². The van der Waals surface area contributed by atoms with Crippen molar-refractivity contribution in [2.45, 2.75) is 38.1 Å². The number of nitrogens with zero attached hydrogens (tertiary/aromatic N) is 1. The van der Waals surface area contributed by atoms with Crippen molar-refractivity contribution in [1.29, 1.82) is 0 Å². The van der Waals surface area contributed by atoms with E-state index in [1.54, 1.807) is 29.2 Å². The van der Waals surface area contributed by atoms with Gasteiger partial charge in [-0.15, -0.1) is 0 Å². The molecule has 2 amide bonds. The van der Waals surface area contributed by atoms with Crippen LogP contribution in [0.2, 0.25) is 0 Å². The summed E-state index contributed by atoms with van der Waals surface area (Å²) in [7, 11) is 0. The summed E-state index contributed by atoms with van der Waals surface area (Å²) in [5, 5.41) is 12.0. The van der Waals surface area contributed by atoms with Gasteiger partial charge in [0.05, 0.1) is 11.8 Å². The fraction of sp³-hybridized carbons (Fsp3) is 0.229. The van der Waals surface area contributed by atoms with E-state index in [2.05, 4.69) is 29.6 Å². The number of carboxylic acids is 1. The standard InChI is InChI=1S/C35H34N2O5/c1-35(2,33(40)37(21-20-32(38)39)22-24-10-4-3-5-11-24)25-16-18-26(19-17-25)36-34(41)42-23-31-29-14-8-6-12-27(29)28-13-7-9-15-30(28)31/h3-19,31H,20-23H2,1-2H3,(H,36,41)(H,38,39). The smallest absolute Gasteiger partial charge is 0.411 e. The van der Waals surface area contributed by atoms with E-state index < -0.39 is 17.5 Å². The van der Waals surface area contributed by atoms with Crippen LogP contribution in [0.3, 0.4) is 0 Å². The number of hydrogen-bond acceptors (Lipinski definition) is 4. The predicted molar refractivity (Wildman–Crippen MR) is 162 cm³/mol. The van der Waals surface area contributed by atoms with E-state index in [0.29, 0.717) is 12.2 Å². The van der Waals surface area contributed by atoms with Crippen LogP contribution in [0.5, 0.6) is 0 Å². The maximum Gasteiger partial charge on any atom is 0.411 e. The molecule has 0 atom stereocenters. The lowest BCUT2D eigenvalue weighted by molar-refractivity contribution is -0.140. The molecule has 0 heterocycles. The van der Waals surface area contributed by atoms with Crippen molar-refractivity contribution in [1.82, 2.24) is 4.90 Å². The largest absolute Gasteiger partial charge is 0.481 e. The molecule has 7 heteroatoms. The normalized spacial score (nSPS) is 12.2. The van der Waals surface area contributed by atoms with Crippen LogP contribution in [0.15, 0.2) is 103 Å². The van der Waals surface area contributed by atoms with Crippen molar-refractivity contribution in [3.8, 4) is 11.1 Å². The summed E-state index contributed by atoms with van der Waals surface area (Å²) in [6, 6.07) is 33.0. The summed E-state index contributed by atoms with van der Waals surface area (Å²) in [6.07, 6.45) is -0.694. The van der Waals surface area contributed by atoms with Crippen LogP contribution >= 0.6 is 0 Å². The molecule has 0 saturated carbocycles. The Morgan fingerprint density at radius 3 is 1.98 bits per heavy atom. The number of carboxylic acid groups (broad SMARTS) is 1. The quantitative estimate of drug-likeness (QED) is 0.221. The van der Waals surface area contributed by atoms with Gasteiger partial charge in [0, 0.05) is 24.7 Å². The van der Waals surface area contributed by atoms with Crippen molar-refractivity contribution in [2.24, 2.45) is 0 Å². The van der Waals surface area contributed by atoms with E-state index in [-0.39, 0.29) is 31.4 Å². The van der Waals surface area contributed by atoms with Crippen molar-refractivity contribution in [2.75, 3.05) is 18.5 Å². The molecule has 0 radical (unpaired) electrons. The van der Waals surface area contributed by atoms with Gasteiger partial charge in [-0.2, -0.15) is 0 Å². The summed E-state index contributed by atoms with van der Waals surface area (Å²) >= 11 is 0. The van der Waals surface area contributed by atoms with E-state index in [1.807, 2.05) is 68.4 Å². The average molecular weight is 563 g/mol. The lowest BCUT2D eigenvalue weighted by atomic mass is 9.83. The van der Waals surface area contributed by atoms with Crippen LogP contribution in [0.25, 0.3) is 11.1 Å². The molecule has 7 nitrogen and oxygen atoms in total. The number of anilines is 1. The van der Waals surface area contributed by atoms with Gasteiger partial charge in [-0.05, 0) is 59.4 Å². The molecule has 0 fully saturated rings.